The molecule has 8 heteroatoms. The number of β-amino-alcohol motifs (C(OH)–C–C–N with tert-alkyl or cyclic N) is 2. The molecule has 0 aromatic heterocycles. The van der Waals surface area contributed by atoms with Gasteiger partial charge in [-0.05, 0) is 18.2 Å². The molecular weight excluding hydrogens is 301 g/mol. The van der Waals surface area contributed by atoms with Crippen molar-refractivity contribution in [3.8, 4) is 0 Å². The summed E-state index contributed by atoms with van der Waals surface area (Å²) in [4.78, 5) is -0.127. The lowest BCUT2D eigenvalue weighted by Gasteiger charge is -2.16. The average Bonchev–Trinajstić information content (AvgIpc) is 2.63. The molecule has 0 aliphatic carbocycles. The molecule has 1 aliphatic heterocycles. The van der Waals surface area contributed by atoms with Gasteiger partial charge >= 0.3 is 0 Å². The predicted octanol–water partition coefficient (Wildman–Crippen LogP) is 0.720. The molecule has 0 saturated carbocycles. The Balaban J connectivity index is 2.40. The van der Waals surface area contributed by atoms with E-state index in [2.05, 4.69) is 0 Å². The summed E-state index contributed by atoms with van der Waals surface area (Å²) in [6, 6.07) is 4.12. The molecule has 5 nitrogen and oxygen atoms in total. The van der Waals surface area contributed by atoms with Crippen molar-refractivity contribution in [2.24, 2.45) is 0 Å². The smallest absolute Gasteiger partial charge is 0.244 e. The van der Waals surface area contributed by atoms with Crippen LogP contribution in [0, 0.1) is 0 Å². The number of halogens is 2. The van der Waals surface area contributed by atoms with Crippen LogP contribution in [0.1, 0.15) is 0 Å². The Bertz CT molecular complexity index is 553. The van der Waals surface area contributed by atoms with Crippen LogP contribution in [0.4, 0.5) is 0 Å². The summed E-state index contributed by atoms with van der Waals surface area (Å²) in [5, 5.41) is 19.1. The third kappa shape index (κ3) is 2.49. The Morgan fingerprint density at radius 1 is 1.17 bits per heavy atom. The van der Waals surface area contributed by atoms with E-state index >= 15 is 0 Å². The van der Waals surface area contributed by atoms with Gasteiger partial charge in [0.1, 0.15) is 4.90 Å². The molecule has 0 bridgehead atoms. The van der Waals surface area contributed by atoms with E-state index in [1.165, 1.54) is 18.2 Å². The van der Waals surface area contributed by atoms with Gasteiger partial charge in [0.25, 0.3) is 0 Å². The molecule has 1 heterocycles. The fourth-order valence-corrected chi connectivity index (χ4v) is 3.96. The van der Waals surface area contributed by atoms with Gasteiger partial charge in [-0.2, -0.15) is 4.31 Å². The zero-order valence-corrected chi connectivity index (χ0v) is 11.5. The topological polar surface area (TPSA) is 77.8 Å². The molecule has 2 N–H and O–H groups in total. The minimum Gasteiger partial charge on any atom is -0.389 e. The highest BCUT2D eigenvalue weighted by atomic mass is 35.5. The Morgan fingerprint density at radius 2 is 1.72 bits per heavy atom. The molecule has 0 amide bonds. The molecule has 2 rings (SSSR count). The molecule has 1 aromatic carbocycles. The van der Waals surface area contributed by atoms with Crippen LogP contribution >= 0.6 is 23.2 Å². The number of aliphatic hydroxyl groups excluding tert-OH is 2. The van der Waals surface area contributed by atoms with Crippen LogP contribution in [0.3, 0.4) is 0 Å². The monoisotopic (exact) mass is 311 g/mol. The van der Waals surface area contributed by atoms with E-state index < -0.39 is 22.2 Å². The van der Waals surface area contributed by atoms with Crippen molar-refractivity contribution in [1.82, 2.24) is 4.31 Å². The lowest BCUT2D eigenvalue weighted by Crippen LogP contribution is -2.30. The van der Waals surface area contributed by atoms with Crippen molar-refractivity contribution in [1.29, 1.82) is 0 Å². The van der Waals surface area contributed by atoms with Gasteiger partial charge in [0.15, 0.2) is 0 Å². The minimum atomic E-state index is -3.86. The van der Waals surface area contributed by atoms with Crippen molar-refractivity contribution < 1.29 is 18.6 Å². The molecule has 2 atom stereocenters. The summed E-state index contributed by atoms with van der Waals surface area (Å²) in [5.74, 6) is 0. The normalized spacial score (nSPS) is 25.6. The number of benzene rings is 1. The Morgan fingerprint density at radius 3 is 2.28 bits per heavy atom. The third-order valence-corrected chi connectivity index (χ3v) is 5.28. The summed E-state index contributed by atoms with van der Waals surface area (Å²) >= 11 is 11.6. The maximum Gasteiger partial charge on any atom is 0.244 e. The lowest BCUT2D eigenvalue weighted by molar-refractivity contribution is 0.0572. The molecule has 1 aromatic rings. The van der Waals surface area contributed by atoms with E-state index in [0.29, 0.717) is 0 Å². The van der Waals surface area contributed by atoms with Gasteiger partial charge in [0, 0.05) is 18.1 Å². The van der Waals surface area contributed by atoms with Crippen LogP contribution in [-0.2, 0) is 10.0 Å². The lowest BCUT2D eigenvalue weighted by atomic mass is 10.3. The SMILES string of the molecule is O=S(=O)(c1cc(Cl)ccc1Cl)N1CC(O)C(O)C1. The molecule has 100 valence electrons. The summed E-state index contributed by atoms with van der Waals surface area (Å²) in [7, 11) is -3.86. The maximum absolute atomic E-state index is 12.3. The fourth-order valence-electron chi connectivity index (χ4n) is 1.75. The second kappa shape index (κ2) is 4.96. The van der Waals surface area contributed by atoms with E-state index in [-0.39, 0.29) is 28.0 Å². The highest BCUT2D eigenvalue weighted by Gasteiger charge is 2.38. The van der Waals surface area contributed by atoms with Crippen molar-refractivity contribution in [2.75, 3.05) is 13.1 Å². The van der Waals surface area contributed by atoms with Crippen LogP contribution < -0.4 is 0 Å². The zero-order valence-electron chi connectivity index (χ0n) is 9.12. The first kappa shape index (κ1) is 14.0. The zero-order chi connectivity index (χ0) is 13.5. The summed E-state index contributed by atoms with van der Waals surface area (Å²) in [6.07, 6.45) is -2.17. The first-order valence-electron chi connectivity index (χ1n) is 5.13. The van der Waals surface area contributed by atoms with E-state index in [0.717, 1.165) is 4.31 Å². The van der Waals surface area contributed by atoms with Gasteiger partial charge in [-0.1, -0.05) is 23.2 Å². The van der Waals surface area contributed by atoms with E-state index in [4.69, 9.17) is 23.2 Å². The van der Waals surface area contributed by atoms with Crippen LogP contribution in [0.2, 0.25) is 10.0 Å². The van der Waals surface area contributed by atoms with Crippen molar-refractivity contribution in [3.05, 3.63) is 28.2 Å². The number of nitrogens with zero attached hydrogens (tertiary/aromatic N) is 1. The molecule has 0 radical (unpaired) electrons. The highest BCUT2D eigenvalue weighted by molar-refractivity contribution is 7.89. The minimum absolute atomic E-state index is 0.0512. The number of aliphatic hydroxyl groups is 2. The second-order valence-corrected chi connectivity index (χ2v) is 6.78. The molecule has 1 saturated heterocycles. The quantitative estimate of drug-likeness (QED) is 0.843. The number of rotatable bonds is 2. The second-order valence-electron chi connectivity index (χ2n) is 4.03. The van der Waals surface area contributed by atoms with Crippen LogP contribution in [0.5, 0.6) is 0 Å². The van der Waals surface area contributed by atoms with Crippen molar-refractivity contribution >= 4 is 33.2 Å². The van der Waals surface area contributed by atoms with Gasteiger partial charge in [0.2, 0.25) is 10.0 Å². The first-order chi connectivity index (χ1) is 8.32. The number of hydrogen-bond acceptors (Lipinski definition) is 4. The highest BCUT2D eigenvalue weighted by Crippen LogP contribution is 2.29. The summed E-state index contributed by atoms with van der Waals surface area (Å²) in [5.41, 5.74) is 0. The van der Waals surface area contributed by atoms with Gasteiger partial charge in [-0.3, -0.25) is 0 Å². The van der Waals surface area contributed by atoms with E-state index in [1.807, 2.05) is 0 Å². The van der Waals surface area contributed by atoms with Crippen molar-refractivity contribution in [3.63, 3.8) is 0 Å². The van der Waals surface area contributed by atoms with Gasteiger partial charge in [0.05, 0.1) is 17.2 Å². The Hall–Kier alpha value is -0.370. The number of sulfonamides is 1. The Kier molecular flexibility index (Phi) is 3.87. The molecule has 2 unspecified atom stereocenters. The molecule has 0 spiro atoms. The average molecular weight is 312 g/mol. The molecule has 1 fully saturated rings. The number of hydrogen-bond donors (Lipinski definition) is 2. The fraction of sp³-hybridized carbons (Fsp3) is 0.400. The van der Waals surface area contributed by atoms with Crippen LogP contribution in [-0.4, -0.2) is 48.2 Å². The largest absolute Gasteiger partial charge is 0.389 e. The first-order valence-corrected chi connectivity index (χ1v) is 7.33. The van der Waals surface area contributed by atoms with Crippen molar-refractivity contribution in [2.45, 2.75) is 17.1 Å². The molecule has 18 heavy (non-hydrogen) atoms. The third-order valence-electron chi connectivity index (χ3n) is 2.74. The maximum atomic E-state index is 12.3. The standard InChI is InChI=1S/C10H11Cl2NO4S/c11-6-1-2-7(12)10(3-6)18(16,17)13-4-8(14)9(15)5-13/h1-3,8-9,14-15H,4-5H2. The summed E-state index contributed by atoms with van der Waals surface area (Å²) in [6.45, 7) is -0.321. The predicted molar refractivity (Wildman–Crippen MR) is 67.2 cm³/mol. The Labute approximate surface area is 115 Å². The molecule has 1 aliphatic rings. The molecular formula is C10H11Cl2NO4S. The van der Waals surface area contributed by atoms with Crippen LogP contribution in [0.15, 0.2) is 23.1 Å². The van der Waals surface area contributed by atoms with Gasteiger partial charge < -0.3 is 10.2 Å². The van der Waals surface area contributed by atoms with Gasteiger partial charge in [-0.25, -0.2) is 8.42 Å². The summed E-state index contributed by atoms with van der Waals surface area (Å²) < 4.78 is 25.5. The van der Waals surface area contributed by atoms with Crippen LogP contribution in [0.25, 0.3) is 0 Å². The van der Waals surface area contributed by atoms with E-state index in [1.54, 1.807) is 0 Å². The van der Waals surface area contributed by atoms with Gasteiger partial charge in [-0.15, -0.1) is 0 Å². The van der Waals surface area contributed by atoms with E-state index in [9.17, 15) is 18.6 Å².